The summed E-state index contributed by atoms with van der Waals surface area (Å²) in [5.74, 6) is 0. The Kier molecular flexibility index (Phi) is 3.38. The van der Waals surface area contributed by atoms with Crippen LogP contribution in [0.15, 0.2) is 18.2 Å². The van der Waals surface area contributed by atoms with Crippen LogP contribution < -0.4 is 5.32 Å². The number of aromatic nitrogens is 1. The van der Waals surface area contributed by atoms with Crippen molar-refractivity contribution < 1.29 is 0 Å². The van der Waals surface area contributed by atoms with Crippen LogP contribution in [0.1, 0.15) is 37.6 Å². The van der Waals surface area contributed by atoms with Crippen molar-refractivity contribution in [1.82, 2.24) is 9.88 Å². The number of hydrogen-bond acceptors (Lipinski definition) is 2. The van der Waals surface area contributed by atoms with E-state index in [4.69, 9.17) is 0 Å². The molecule has 0 aliphatic heterocycles. The summed E-state index contributed by atoms with van der Waals surface area (Å²) in [4.78, 5) is 0. The molecule has 0 aliphatic rings. The van der Waals surface area contributed by atoms with Gasteiger partial charge in [0.25, 0.3) is 0 Å². The van der Waals surface area contributed by atoms with E-state index < -0.39 is 0 Å². The zero-order valence-corrected chi connectivity index (χ0v) is 12.3. The van der Waals surface area contributed by atoms with E-state index in [1.165, 1.54) is 10.9 Å². The van der Waals surface area contributed by atoms with Gasteiger partial charge < -0.3 is 9.88 Å². The second-order valence-electron chi connectivity index (χ2n) is 6.01. The molecule has 0 unspecified atom stereocenters. The number of fused-ring (bicyclic) bond motifs is 1. The first-order chi connectivity index (χ1) is 8.90. The highest BCUT2D eigenvalue weighted by Crippen LogP contribution is 2.30. The molecule has 0 amide bonds. The maximum Gasteiger partial charge on any atom is 0.125 e. The molecule has 3 heteroatoms. The predicted molar refractivity (Wildman–Crippen MR) is 79.1 cm³/mol. The number of nitriles is 1. The molecule has 1 heterocycles. The molecule has 0 radical (unpaired) electrons. The molecule has 19 heavy (non-hydrogen) atoms. The van der Waals surface area contributed by atoms with Crippen molar-refractivity contribution in [2.45, 2.75) is 32.7 Å². The molecule has 2 aromatic rings. The third kappa shape index (κ3) is 2.24. The summed E-state index contributed by atoms with van der Waals surface area (Å²) in [7, 11) is 3.87. The Balaban J connectivity index is 2.75. The van der Waals surface area contributed by atoms with Gasteiger partial charge in [-0.2, -0.15) is 5.26 Å². The minimum Gasteiger partial charge on any atom is -0.335 e. The van der Waals surface area contributed by atoms with E-state index in [1.807, 2.05) is 18.7 Å². The number of benzene rings is 1. The van der Waals surface area contributed by atoms with Gasteiger partial charge in [-0.05, 0) is 24.1 Å². The first kappa shape index (κ1) is 13.6. The molecule has 3 nitrogen and oxygen atoms in total. The van der Waals surface area contributed by atoms with Crippen LogP contribution in [0.3, 0.4) is 0 Å². The normalized spacial score (nSPS) is 11.8. The van der Waals surface area contributed by atoms with Crippen molar-refractivity contribution in [3.05, 3.63) is 35.0 Å². The lowest BCUT2D eigenvalue weighted by molar-refractivity contribution is 0.591. The molecule has 1 aromatic carbocycles. The second kappa shape index (κ2) is 4.71. The molecule has 1 N–H and O–H groups in total. The quantitative estimate of drug-likeness (QED) is 0.896. The fourth-order valence-corrected chi connectivity index (χ4v) is 2.48. The highest BCUT2D eigenvalue weighted by molar-refractivity contribution is 5.87. The summed E-state index contributed by atoms with van der Waals surface area (Å²) >= 11 is 0. The van der Waals surface area contributed by atoms with Crippen LogP contribution in [0.2, 0.25) is 0 Å². The van der Waals surface area contributed by atoms with Gasteiger partial charge in [0, 0.05) is 30.1 Å². The molecular weight excluding hydrogens is 234 g/mol. The number of aryl methyl sites for hydroxylation is 1. The average Bonchev–Trinajstić information content (AvgIpc) is 2.61. The molecule has 0 saturated carbocycles. The standard InChI is InChI=1S/C16H21N3/c1-16(2,3)11-6-7-12-13(10-18-4)15(9-17)19(5)14(12)8-11/h6-8,18H,10H2,1-5H3. The Morgan fingerprint density at radius 2 is 2.00 bits per heavy atom. The zero-order valence-electron chi connectivity index (χ0n) is 12.3. The average molecular weight is 255 g/mol. The minimum atomic E-state index is 0.119. The van der Waals surface area contributed by atoms with Gasteiger partial charge in [-0.3, -0.25) is 0 Å². The van der Waals surface area contributed by atoms with Crippen molar-refractivity contribution in [2.75, 3.05) is 7.05 Å². The fourth-order valence-electron chi connectivity index (χ4n) is 2.48. The van der Waals surface area contributed by atoms with E-state index in [-0.39, 0.29) is 5.41 Å². The maximum atomic E-state index is 9.36. The van der Waals surface area contributed by atoms with Gasteiger partial charge in [-0.1, -0.05) is 32.9 Å². The highest BCUT2D eigenvalue weighted by atomic mass is 15.0. The Morgan fingerprint density at radius 1 is 1.32 bits per heavy atom. The largest absolute Gasteiger partial charge is 0.335 e. The monoisotopic (exact) mass is 255 g/mol. The van der Waals surface area contributed by atoms with Crippen LogP contribution in [-0.2, 0) is 19.0 Å². The lowest BCUT2D eigenvalue weighted by Gasteiger charge is -2.19. The van der Waals surface area contributed by atoms with Crippen molar-refractivity contribution in [3.8, 4) is 6.07 Å². The Morgan fingerprint density at radius 3 is 2.53 bits per heavy atom. The molecule has 2 rings (SSSR count). The molecule has 100 valence electrons. The lowest BCUT2D eigenvalue weighted by atomic mass is 9.86. The smallest absolute Gasteiger partial charge is 0.125 e. The number of nitrogens with one attached hydrogen (secondary N) is 1. The molecule has 0 atom stereocenters. The number of hydrogen-bond donors (Lipinski definition) is 1. The van der Waals surface area contributed by atoms with Crippen molar-refractivity contribution >= 4 is 10.9 Å². The summed E-state index contributed by atoms with van der Waals surface area (Å²) in [5.41, 5.74) is 4.38. The highest BCUT2D eigenvalue weighted by Gasteiger charge is 2.18. The molecule has 0 aliphatic carbocycles. The van der Waals surface area contributed by atoms with Gasteiger partial charge >= 0.3 is 0 Å². The van der Waals surface area contributed by atoms with Crippen molar-refractivity contribution in [2.24, 2.45) is 7.05 Å². The lowest BCUT2D eigenvalue weighted by Crippen LogP contribution is -2.10. The van der Waals surface area contributed by atoms with Crippen LogP contribution in [0.25, 0.3) is 10.9 Å². The van der Waals surface area contributed by atoms with Gasteiger partial charge in [-0.25, -0.2) is 0 Å². The van der Waals surface area contributed by atoms with Crippen LogP contribution in [0.4, 0.5) is 0 Å². The Bertz CT molecular complexity index is 651. The van der Waals surface area contributed by atoms with Gasteiger partial charge in [0.05, 0.1) is 0 Å². The third-order valence-electron chi connectivity index (χ3n) is 3.63. The van der Waals surface area contributed by atoms with Crippen LogP contribution in [0, 0.1) is 11.3 Å². The zero-order chi connectivity index (χ0) is 14.2. The second-order valence-corrected chi connectivity index (χ2v) is 6.01. The molecule has 0 fully saturated rings. The Hall–Kier alpha value is -1.79. The van der Waals surface area contributed by atoms with E-state index in [1.54, 1.807) is 0 Å². The van der Waals surface area contributed by atoms with E-state index in [2.05, 4.69) is 50.4 Å². The predicted octanol–water partition coefficient (Wildman–Crippen LogP) is 3.07. The Labute approximate surface area is 114 Å². The summed E-state index contributed by atoms with van der Waals surface area (Å²) in [6.07, 6.45) is 0. The van der Waals surface area contributed by atoms with Crippen LogP contribution in [-0.4, -0.2) is 11.6 Å². The first-order valence-electron chi connectivity index (χ1n) is 6.56. The summed E-state index contributed by atoms with van der Waals surface area (Å²) < 4.78 is 2.00. The molecule has 1 aromatic heterocycles. The minimum absolute atomic E-state index is 0.119. The SMILES string of the molecule is CNCc1c(C#N)n(C)c2cc(C(C)(C)C)ccc12. The summed E-state index contributed by atoms with van der Waals surface area (Å²) in [6, 6.07) is 8.83. The molecule has 0 saturated heterocycles. The van der Waals surface area contributed by atoms with E-state index in [9.17, 15) is 5.26 Å². The molecule has 0 spiro atoms. The van der Waals surface area contributed by atoms with Crippen molar-refractivity contribution in [1.29, 1.82) is 5.26 Å². The summed E-state index contributed by atoms with van der Waals surface area (Å²) in [6.45, 7) is 7.33. The number of nitrogens with zero attached hydrogens (tertiary/aromatic N) is 2. The topological polar surface area (TPSA) is 40.8 Å². The van der Waals surface area contributed by atoms with Crippen LogP contribution in [0.5, 0.6) is 0 Å². The summed E-state index contributed by atoms with van der Waals surface area (Å²) in [5, 5.41) is 13.7. The van der Waals surface area contributed by atoms with E-state index >= 15 is 0 Å². The van der Waals surface area contributed by atoms with Crippen LogP contribution >= 0.6 is 0 Å². The molecule has 0 bridgehead atoms. The van der Waals surface area contributed by atoms with Gasteiger partial charge in [0.1, 0.15) is 11.8 Å². The maximum absolute atomic E-state index is 9.36. The van der Waals surface area contributed by atoms with Gasteiger partial charge in [0.15, 0.2) is 0 Å². The van der Waals surface area contributed by atoms with Gasteiger partial charge in [0.2, 0.25) is 0 Å². The third-order valence-corrected chi connectivity index (χ3v) is 3.63. The van der Waals surface area contributed by atoms with Crippen molar-refractivity contribution in [3.63, 3.8) is 0 Å². The van der Waals surface area contributed by atoms with Gasteiger partial charge in [-0.15, -0.1) is 0 Å². The fraction of sp³-hybridized carbons (Fsp3) is 0.438. The number of rotatable bonds is 2. The first-order valence-corrected chi connectivity index (χ1v) is 6.56. The molecular formula is C16H21N3. The van der Waals surface area contributed by atoms with E-state index in [0.29, 0.717) is 0 Å². The van der Waals surface area contributed by atoms with E-state index in [0.717, 1.165) is 23.3 Å².